The van der Waals surface area contributed by atoms with E-state index in [4.69, 9.17) is 9.47 Å². The van der Waals surface area contributed by atoms with Crippen LogP contribution in [-0.4, -0.2) is 42.5 Å². The minimum absolute atomic E-state index is 0.275. The van der Waals surface area contributed by atoms with Crippen molar-refractivity contribution in [1.29, 1.82) is 0 Å². The molecule has 1 aliphatic rings. The van der Waals surface area contributed by atoms with Crippen molar-refractivity contribution >= 4 is 51.3 Å². The third-order valence-corrected chi connectivity index (χ3v) is 6.27. The fourth-order valence-electron chi connectivity index (χ4n) is 3.14. The predicted octanol–water partition coefficient (Wildman–Crippen LogP) is 4.77. The molecule has 0 spiro atoms. The van der Waals surface area contributed by atoms with Crippen LogP contribution < -0.4 is 10.2 Å². The summed E-state index contributed by atoms with van der Waals surface area (Å²) in [5.41, 5.74) is 1.16. The zero-order valence-electron chi connectivity index (χ0n) is 18.3. The fourth-order valence-corrected chi connectivity index (χ4v) is 4.45. The van der Waals surface area contributed by atoms with E-state index in [9.17, 15) is 14.4 Å². The summed E-state index contributed by atoms with van der Waals surface area (Å²) < 4.78 is 11.1. The summed E-state index contributed by atoms with van der Waals surface area (Å²) in [4.78, 5) is 40.4. The van der Waals surface area contributed by atoms with Gasteiger partial charge in [-0.3, -0.25) is 4.79 Å². The van der Waals surface area contributed by atoms with Crippen molar-refractivity contribution in [1.82, 2.24) is 5.32 Å². The van der Waals surface area contributed by atoms with Crippen LogP contribution in [0.25, 0.3) is 0 Å². The Morgan fingerprint density at radius 1 is 1.19 bits per heavy atom. The fraction of sp³-hybridized carbons (Fsp3) is 0.348. The number of fused-ring (bicyclic) bond motifs is 1. The van der Waals surface area contributed by atoms with Crippen molar-refractivity contribution in [2.75, 3.05) is 17.8 Å². The molecule has 2 aromatic carbocycles. The molecule has 0 saturated heterocycles. The third-order valence-electron chi connectivity index (χ3n) is 4.59. The van der Waals surface area contributed by atoms with Gasteiger partial charge in [0, 0.05) is 15.1 Å². The number of halogens is 1. The van der Waals surface area contributed by atoms with Gasteiger partial charge in [0.1, 0.15) is 11.6 Å². The molecule has 0 unspecified atom stereocenters. The number of ether oxygens (including phenoxy) is 2. The molecule has 3 rings (SSSR count). The number of benzene rings is 2. The second-order valence-electron chi connectivity index (χ2n) is 8.23. The number of hydrogen-bond donors (Lipinski definition) is 1. The van der Waals surface area contributed by atoms with Crippen LogP contribution in [0.1, 0.15) is 36.7 Å². The SMILES string of the molecule is COC(=O)c1ccc2c(c1)N(Cc1ccc(Br)cc1)C(=O)[C@@H](NC(=O)OC(C)(C)C)CS2. The Morgan fingerprint density at radius 3 is 2.50 bits per heavy atom. The first-order chi connectivity index (χ1) is 15.1. The van der Waals surface area contributed by atoms with Crippen molar-refractivity contribution in [3.05, 3.63) is 58.1 Å². The standard InChI is InChI=1S/C23H25BrN2O5S/c1-23(2,3)31-22(29)25-17-13-32-19-10-7-15(21(28)30-4)11-18(19)26(20(17)27)12-14-5-8-16(24)9-6-14/h5-11,17H,12-13H2,1-4H3,(H,25,29)/t17-/m0/s1. The van der Waals surface area contributed by atoms with Crippen LogP contribution >= 0.6 is 27.7 Å². The Hall–Kier alpha value is -2.52. The zero-order valence-corrected chi connectivity index (χ0v) is 20.7. The number of carbonyl (C=O) groups is 3. The molecule has 9 heteroatoms. The predicted molar refractivity (Wildman–Crippen MR) is 127 cm³/mol. The van der Waals surface area contributed by atoms with Gasteiger partial charge in [-0.1, -0.05) is 28.1 Å². The number of esters is 1. The number of nitrogens with zero attached hydrogens (tertiary/aromatic N) is 1. The molecule has 0 radical (unpaired) electrons. The van der Waals surface area contributed by atoms with E-state index in [0.29, 0.717) is 17.0 Å². The van der Waals surface area contributed by atoms with E-state index in [2.05, 4.69) is 21.2 Å². The highest BCUT2D eigenvalue weighted by Crippen LogP contribution is 2.36. The van der Waals surface area contributed by atoms with Gasteiger partial charge in [0.15, 0.2) is 0 Å². The summed E-state index contributed by atoms with van der Waals surface area (Å²) in [5, 5.41) is 2.70. The third kappa shape index (κ3) is 6.04. The van der Waals surface area contributed by atoms with Crippen LogP contribution in [0.2, 0.25) is 0 Å². The van der Waals surface area contributed by atoms with Crippen LogP contribution in [0.15, 0.2) is 51.8 Å². The maximum Gasteiger partial charge on any atom is 0.408 e. The highest BCUT2D eigenvalue weighted by atomic mass is 79.9. The van der Waals surface area contributed by atoms with Crippen molar-refractivity contribution in [2.45, 2.75) is 43.9 Å². The Kier molecular flexibility index (Phi) is 7.51. The molecule has 0 fully saturated rings. The molecule has 1 heterocycles. The lowest BCUT2D eigenvalue weighted by Gasteiger charge is -2.27. The average Bonchev–Trinajstić information content (AvgIpc) is 2.85. The van der Waals surface area contributed by atoms with E-state index in [-0.39, 0.29) is 12.5 Å². The van der Waals surface area contributed by atoms with Crippen LogP contribution in [0.4, 0.5) is 10.5 Å². The van der Waals surface area contributed by atoms with E-state index in [1.165, 1.54) is 18.9 Å². The lowest BCUT2D eigenvalue weighted by atomic mass is 10.1. The molecule has 1 N–H and O–H groups in total. The van der Waals surface area contributed by atoms with Gasteiger partial charge in [-0.05, 0) is 56.7 Å². The quantitative estimate of drug-likeness (QED) is 0.584. The van der Waals surface area contributed by atoms with E-state index >= 15 is 0 Å². The summed E-state index contributed by atoms with van der Waals surface area (Å²) in [6, 6.07) is 11.9. The summed E-state index contributed by atoms with van der Waals surface area (Å²) in [5.74, 6) is -0.437. The molecule has 2 aromatic rings. The molecule has 0 bridgehead atoms. The maximum absolute atomic E-state index is 13.5. The van der Waals surface area contributed by atoms with Crippen molar-refractivity contribution in [3.63, 3.8) is 0 Å². The number of hydrogen-bond acceptors (Lipinski definition) is 6. The minimum Gasteiger partial charge on any atom is -0.465 e. The van der Waals surface area contributed by atoms with Crippen molar-refractivity contribution < 1.29 is 23.9 Å². The number of thioether (sulfide) groups is 1. The number of rotatable bonds is 4. The van der Waals surface area contributed by atoms with Crippen LogP contribution in [0, 0.1) is 0 Å². The normalized spacial score (nSPS) is 16.1. The highest BCUT2D eigenvalue weighted by Gasteiger charge is 2.33. The Bertz CT molecular complexity index is 1020. The van der Waals surface area contributed by atoms with Gasteiger partial charge >= 0.3 is 12.1 Å². The van der Waals surface area contributed by atoms with Gasteiger partial charge in [-0.2, -0.15) is 0 Å². The largest absolute Gasteiger partial charge is 0.465 e. The number of alkyl carbamates (subject to hydrolysis) is 1. The van der Waals surface area contributed by atoms with Gasteiger partial charge in [0.25, 0.3) is 5.91 Å². The van der Waals surface area contributed by atoms with Gasteiger partial charge < -0.3 is 19.7 Å². The highest BCUT2D eigenvalue weighted by molar-refractivity contribution is 9.10. The second kappa shape index (κ2) is 9.95. The molecular formula is C23H25BrN2O5S. The van der Waals surface area contributed by atoms with Gasteiger partial charge in [-0.15, -0.1) is 11.8 Å². The van der Waals surface area contributed by atoms with Crippen LogP contribution in [0.3, 0.4) is 0 Å². The molecule has 0 saturated carbocycles. The molecule has 0 aliphatic carbocycles. The molecule has 0 aromatic heterocycles. The molecule has 7 nitrogen and oxygen atoms in total. The summed E-state index contributed by atoms with van der Waals surface area (Å²) in [7, 11) is 1.31. The van der Waals surface area contributed by atoms with E-state index in [1.807, 2.05) is 24.3 Å². The molecule has 1 atom stereocenters. The lowest BCUT2D eigenvalue weighted by Crippen LogP contribution is -2.50. The molecular weight excluding hydrogens is 496 g/mol. The van der Waals surface area contributed by atoms with E-state index in [1.54, 1.807) is 43.9 Å². The van der Waals surface area contributed by atoms with Crippen molar-refractivity contribution in [3.8, 4) is 0 Å². The number of nitrogens with one attached hydrogen (secondary N) is 1. The molecule has 1 aliphatic heterocycles. The summed E-state index contributed by atoms with van der Waals surface area (Å²) >= 11 is 4.85. The Morgan fingerprint density at radius 2 is 1.88 bits per heavy atom. The summed E-state index contributed by atoms with van der Waals surface area (Å²) in [6.45, 7) is 5.57. The van der Waals surface area contributed by atoms with Gasteiger partial charge in [0.05, 0.1) is 24.9 Å². The first-order valence-corrected chi connectivity index (χ1v) is 11.8. The Labute approximate surface area is 200 Å². The van der Waals surface area contributed by atoms with E-state index in [0.717, 1.165) is 14.9 Å². The van der Waals surface area contributed by atoms with Crippen LogP contribution in [0.5, 0.6) is 0 Å². The monoisotopic (exact) mass is 520 g/mol. The number of methoxy groups -OCH3 is 1. The zero-order chi connectivity index (χ0) is 23.5. The molecule has 170 valence electrons. The number of anilines is 1. The first kappa shape index (κ1) is 24.1. The number of carbonyl (C=O) groups excluding carboxylic acids is 3. The first-order valence-electron chi connectivity index (χ1n) is 9.98. The smallest absolute Gasteiger partial charge is 0.408 e. The van der Waals surface area contributed by atoms with E-state index < -0.39 is 23.7 Å². The maximum atomic E-state index is 13.5. The Balaban J connectivity index is 1.96. The van der Waals surface area contributed by atoms with Crippen molar-refractivity contribution in [2.24, 2.45) is 0 Å². The average molecular weight is 521 g/mol. The second-order valence-corrected chi connectivity index (χ2v) is 10.2. The minimum atomic E-state index is -0.792. The number of amides is 2. The lowest BCUT2D eigenvalue weighted by molar-refractivity contribution is -0.120. The van der Waals surface area contributed by atoms with Crippen LogP contribution in [-0.2, 0) is 20.8 Å². The summed E-state index contributed by atoms with van der Waals surface area (Å²) in [6.07, 6.45) is -0.652. The van der Waals surface area contributed by atoms with Gasteiger partial charge in [-0.25, -0.2) is 9.59 Å². The molecule has 32 heavy (non-hydrogen) atoms. The molecule has 2 amide bonds. The van der Waals surface area contributed by atoms with Gasteiger partial charge in [0.2, 0.25) is 0 Å². The topological polar surface area (TPSA) is 84.9 Å².